The summed E-state index contributed by atoms with van der Waals surface area (Å²) in [7, 11) is 0. The van der Waals surface area contributed by atoms with Crippen molar-refractivity contribution in [1.82, 2.24) is 14.8 Å². The van der Waals surface area contributed by atoms with Gasteiger partial charge in [-0.15, -0.1) is 0 Å². The molecule has 0 radical (unpaired) electrons. The van der Waals surface area contributed by atoms with Crippen molar-refractivity contribution in [2.24, 2.45) is 5.10 Å². The fourth-order valence-electron chi connectivity index (χ4n) is 4.18. The molecular weight excluding hydrogens is 426 g/mol. The van der Waals surface area contributed by atoms with Gasteiger partial charge in [-0.25, -0.2) is 9.69 Å². The number of hydrazone groups is 1. The number of aromatic nitrogens is 2. The number of nitrogens with zero attached hydrogens (tertiary/aromatic N) is 4. The molecule has 0 aliphatic carbocycles. The number of fused-ring (bicyclic) bond motifs is 1. The topological polar surface area (TPSA) is 79.6 Å². The highest BCUT2D eigenvalue weighted by atomic mass is 16.2. The predicted octanol–water partition coefficient (Wildman–Crippen LogP) is 4.44. The van der Waals surface area contributed by atoms with E-state index in [9.17, 15) is 9.59 Å². The molecule has 7 heteroatoms. The van der Waals surface area contributed by atoms with Crippen molar-refractivity contribution in [3.8, 4) is 0 Å². The lowest BCUT2D eigenvalue weighted by Crippen LogP contribution is -2.25. The lowest BCUT2D eigenvalue weighted by molar-refractivity contribution is -0.132. The number of benzene rings is 3. The van der Waals surface area contributed by atoms with Crippen molar-refractivity contribution in [2.75, 3.05) is 11.9 Å². The Morgan fingerprint density at radius 3 is 2.56 bits per heavy atom. The average Bonchev–Trinajstić information content (AvgIpc) is 3.54. The van der Waals surface area contributed by atoms with E-state index in [0.717, 1.165) is 34.0 Å². The fourth-order valence-corrected chi connectivity index (χ4v) is 4.18. The van der Waals surface area contributed by atoms with Crippen LogP contribution in [0.2, 0.25) is 0 Å². The summed E-state index contributed by atoms with van der Waals surface area (Å²) in [5.74, 6) is 0.237. The lowest BCUT2D eigenvalue weighted by atomic mass is 10.0. The Labute approximate surface area is 197 Å². The quantitative estimate of drug-likeness (QED) is 0.451. The van der Waals surface area contributed by atoms with E-state index in [1.165, 1.54) is 5.01 Å². The van der Waals surface area contributed by atoms with Gasteiger partial charge in [0.1, 0.15) is 5.82 Å². The largest absolute Gasteiger partial charge is 0.311 e. The minimum Gasteiger partial charge on any atom is -0.311 e. The van der Waals surface area contributed by atoms with E-state index in [1.807, 2.05) is 48.5 Å². The van der Waals surface area contributed by atoms with Crippen LogP contribution >= 0.6 is 0 Å². The maximum Gasteiger partial charge on any atom is 0.243 e. The highest BCUT2D eigenvalue weighted by Crippen LogP contribution is 2.21. The third-order valence-corrected chi connectivity index (χ3v) is 5.95. The second-order valence-corrected chi connectivity index (χ2v) is 8.24. The third-order valence-electron chi connectivity index (χ3n) is 5.95. The van der Waals surface area contributed by atoms with Gasteiger partial charge in [0.25, 0.3) is 0 Å². The summed E-state index contributed by atoms with van der Waals surface area (Å²) < 4.78 is 1.76. The molecule has 1 aliphatic heterocycles. The van der Waals surface area contributed by atoms with E-state index in [-0.39, 0.29) is 24.7 Å². The van der Waals surface area contributed by atoms with E-state index in [2.05, 4.69) is 39.8 Å². The van der Waals surface area contributed by atoms with Crippen LogP contribution < -0.4 is 5.32 Å². The van der Waals surface area contributed by atoms with E-state index in [4.69, 9.17) is 0 Å². The number of rotatable bonds is 7. The minimum absolute atomic E-state index is 0.0883. The number of hydrogen-bond donors (Lipinski definition) is 1. The molecule has 1 N–H and O–H groups in total. The van der Waals surface area contributed by atoms with Gasteiger partial charge in [0.05, 0.1) is 25.0 Å². The van der Waals surface area contributed by atoms with Crippen LogP contribution in [0, 0.1) is 0 Å². The summed E-state index contributed by atoms with van der Waals surface area (Å²) in [6, 6.07) is 26.0. The molecule has 0 bridgehead atoms. The van der Waals surface area contributed by atoms with Gasteiger partial charge in [-0.2, -0.15) is 10.2 Å². The van der Waals surface area contributed by atoms with E-state index < -0.39 is 0 Å². The number of anilines is 1. The smallest absolute Gasteiger partial charge is 0.243 e. The molecule has 4 aromatic rings. The Kier molecular flexibility index (Phi) is 6.16. The molecule has 2 amide bonds. The van der Waals surface area contributed by atoms with E-state index in [0.29, 0.717) is 18.9 Å². The molecule has 0 unspecified atom stereocenters. The maximum absolute atomic E-state index is 12.6. The van der Waals surface area contributed by atoms with Crippen molar-refractivity contribution in [2.45, 2.75) is 25.8 Å². The van der Waals surface area contributed by atoms with Crippen LogP contribution in [0.3, 0.4) is 0 Å². The van der Waals surface area contributed by atoms with Gasteiger partial charge in [0.15, 0.2) is 0 Å². The van der Waals surface area contributed by atoms with Gasteiger partial charge in [-0.1, -0.05) is 72.8 Å². The second kappa shape index (κ2) is 9.70. The Balaban J connectivity index is 1.18. The molecule has 1 aliphatic rings. The van der Waals surface area contributed by atoms with Gasteiger partial charge in [0, 0.05) is 25.3 Å². The Hall–Kier alpha value is -4.26. The summed E-state index contributed by atoms with van der Waals surface area (Å²) in [4.78, 5) is 25.2. The van der Waals surface area contributed by atoms with Crippen molar-refractivity contribution in [3.05, 3.63) is 96.2 Å². The van der Waals surface area contributed by atoms with Crippen molar-refractivity contribution in [3.63, 3.8) is 0 Å². The van der Waals surface area contributed by atoms with Crippen molar-refractivity contribution in [1.29, 1.82) is 0 Å². The first-order valence-electron chi connectivity index (χ1n) is 11.4. The molecule has 170 valence electrons. The first kappa shape index (κ1) is 21.6. The van der Waals surface area contributed by atoms with Gasteiger partial charge in [0.2, 0.25) is 11.8 Å². The molecule has 34 heavy (non-hydrogen) atoms. The Bertz CT molecular complexity index is 1350. The van der Waals surface area contributed by atoms with Gasteiger partial charge < -0.3 is 5.32 Å². The minimum atomic E-state index is -0.223. The lowest BCUT2D eigenvalue weighted by Gasteiger charge is -2.12. The van der Waals surface area contributed by atoms with Crippen LogP contribution in [0.25, 0.3) is 10.8 Å². The van der Waals surface area contributed by atoms with Crippen LogP contribution in [0.1, 0.15) is 30.4 Å². The fraction of sp³-hybridized carbons (Fsp3) is 0.185. The molecule has 2 heterocycles. The normalized spacial score (nSPS) is 13.2. The average molecular weight is 452 g/mol. The molecule has 5 rings (SSSR count). The van der Waals surface area contributed by atoms with Gasteiger partial charge in [-0.05, 0) is 21.9 Å². The summed E-state index contributed by atoms with van der Waals surface area (Å²) in [5.41, 5.74) is 3.04. The number of carbonyl (C=O) groups excluding carboxylic acids is 2. The molecule has 1 aromatic heterocycles. The Morgan fingerprint density at radius 1 is 0.882 bits per heavy atom. The summed E-state index contributed by atoms with van der Waals surface area (Å²) in [6.07, 6.45) is 2.57. The first-order chi connectivity index (χ1) is 16.7. The zero-order valence-corrected chi connectivity index (χ0v) is 18.7. The standard InChI is InChI=1S/C27H25N5O2/c33-26(13-14-27(34)31-18-16-24(30-31)21-8-2-1-3-9-21)29-25-15-17-28-32(25)19-22-11-6-10-20-7-4-5-12-23(20)22/h1-12,15,17H,13-14,16,18-19H2,(H,29,33). The molecule has 7 nitrogen and oxygen atoms in total. The zero-order valence-electron chi connectivity index (χ0n) is 18.7. The molecule has 0 spiro atoms. The summed E-state index contributed by atoms with van der Waals surface area (Å²) >= 11 is 0. The molecule has 3 aromatic carbocycles. The first-order valence-corrected chi connectivity index (χ1v) is 11.4. The SMILES string of the molecule is O=C(CCC(=O)N1CCC(c2ccccc2)=N1)Nc1ccnn1Cc1cccc2ccccc12. The number of amides is 2. The third kappa shape index (κ3) is 4.73. The predicted molar refractivity (Wildman–Crippen MR) is 132 cm³/mol. The zero-order chi connectivity index (χ0) is 23.3. The van der Waals surface area contributed by atoms with Gasteiger partial charge in [-0.3, -0.25) is 9.59 Å². The van der Waals surface area contributed by atoms with E-state index >= 15 is 0 Å². The number of carbonyl (C=O) groups is 2. The molecule has 0 saturated heterocycles. The van der Waals surface area contributed by atoms with Crippen LogP contribution in [0.4, 0.5) is 5.82 Å². The Morgan fingerprint density at radius 2 is 1.68 bits per heavy atom. The summed E-state index contributed by atoms with van der Waals surface area (Å²) in [6.45, 7) is 1.08. The number of hydrogen-bond acceptors (Lipinski definition) is 4. The van der Waals surface area contributed by atoms with Crippen LogP contribution in [0.15, 0.2) is 90.2 Å². The van der Waals surface area contributed by atoms with Crippen LogP contribution in [0.5, 0.6) is 0 Å². The highest BCUT2D eigenvalue weighted by molar-refractivity contribution is 6.02. The van der Waals surface area contributed by atoms with Crippen LogP contribution in [-0.2, 0) is 16.1 Å². The highest BCUT2D eigenvalue weighted by Gasteiger charge is 2.22. The molecule has 0 fully saturated rings. The monoisotopic (exact) mass is 451 g/mol. The summed E-state index contributed by atoms with van der Waals surface area (Å²) in [5, 5.41) is 15.5. The molecule has 0 atom stereocenters. The van der Waals surface area contributed by atoms with Crippen LogP contribution in [-0.4, -0.2) is 38.9 Å². The van der Waals surface area contributed by atoms with Gasteiger partial charge >= 0.3 is 0 Å². The van der Waals surface area contributed by atoms with E-state index in [1.54, 1.807) is 16.9 Å². The molecule has 0 saturated carbocycles. The number of nitrogens with one attached hydrogen (secondary N) is 1. The second-order valence-electron chi connectivity index (χ2n) is 8.24. The van der Waals surface area contributed by atoms with Crippen molar-refractivity contribution < 1.29 is 9.59 Å². The maximum atomic E-state index is 12.6. The molecular formula is C27H25N5O2. The van der Waals surface area contributed by atoms with Crippen molar-refractivity contribution >= 4 is 34.1 Å².